The Kier molecular flexibility index (Phi) is 6.71. The molecular weight excluding hydrogens is 294 g/mol. The predicted octanol–water partition coefficient (Wildman–Crippen LogP) is 0.840. The molecule has 1 fully saturated rings. The van der Waals surface area contributed by atoms with Crippen LogP contribution >= 0.6 is 21.6 Å². The fourth-order valence-electron chi connectivity index (χ4n) is 1.18. The zero-order chi connectivity index (χ0) is 14.3. The van der Waals surface area contributed by atoms with E-state index in [0.717, 1.165) is 0 Å². The SMILES string of the molecule is O=C(O)CCSSCCC(=O)ON1C(=O)CCC1=O. The van der Waals surface area contributed by atoms with Crippen molar-refractivity contribution in [3.8, 4) is 0 Å². The van der Waals surface area contributed by atoms with Crippen LogP contribution in [0.25, 0.3) is 0 Å². The topological polar surface area (TPSA) is 101 Å². The summed E-state index contributed by atoms with van der Waals surface area (Å²) in [7, 11) is 2.70. The molecule has 0 aromatic rings. The highest BCUT2D eigenvalue weighted by Crippen LogP contribution is 2.23. The molecule has 1 heterocycles. The standard InChI is InChI=1S/C10H13NO6S2/c12-7-1-2-8(13)11(7)17-10(16)4-6-19-18-5-3-9(14)15/h1-6H2,(H,14,15). The van der Waals surface area contributed by atoms with E-state index in [1.54, 1.807) is 0 Å². The lowest BCUT2D eigenvalue weighted by molar-refractivity contribution is -0.197. The van der Waals surface area contributed by atoms with Gasteiger partial charge in [-0.1, -0.05) is 21.6 Å². The van der Waals surface area contributed by atoms with Crippen molar-refractivity contribution in [1.82, 2.24) is 5.06 Å². The number of rotatable bonds is 8. The van der Waals surface area contributed by atoms with E-state index >= 15 is 0 Å². The minimum atomic E-state index is -0.862. The summed E-state index contributed by atoms with van der Waals surface area (Å²) in [6.07, 6.45) is 0.276. The third-order valence-corrected chi connectivity index (χ3v) is 4.48. The number of carbonyl (C=O) groups is 4. The second-order valence-electron chi connectivity index (χ2n) is 3.58. The van der Waals surface area contributed by atoms with Gasteiger partial charge in [0, 0.05) is 24.3 Å². The highest BCUT2D eigenvalue weighted by atomic mass is 33.1. The second-order valence-corrected chi connectivity index (χ2v) is 6.28. The van der Waals surface area contributed by atoms with Crippen LogP contribution in [0.4, 0.5) is 0 Å². The van der Waals surface area contributed by atoms with Crippen molar-refractivity contribution in [3.63, 3.8) is 0 Å². The Morgan fingerprint density at radius 1 is 1.11 bits per heavy atom. The molecule has 1 aliphatic heterocycles. The maximum absolute atomic E-state index is 11.3. The molecule has 0 spiro atoms. The van der Waals surface area contributed by atoms with Crippen molar-refractivity contribution in [3.05, 3.63) is 0 Å². The number of hydrogen-bond acceptors (Lipinski definition) is 7. The Bertz CT molecular complexity index is 370. The van der Waals surface area contributed by atoms with Gasteiger partial charge in [0.25, 0.3) is 11.8 Å². The van der Waals surface area contributed by atoms with Crippen molar-refractivity contribution in [2.75, 3.05) is 11.5 Å². The lowest BCUT2D eigenvalue weighted by atomic mass is 10.4. The average Bonchev–Trinajstić information content (AvgIpc) is 2.65. The molecule has 0 aromatic heterocycles. The molecule has 0 aromatic carbocycles. The molecule has 0 bridgehead atoms. The first-order chi connectivity index (χ1) is 9.00. The maximum atomic E-state index is 11.3. The Hall–Kier alpha value is -1.22. The van der Waals surface area contributed by atoms with Gasteiger partial charge in [-0.25, -0.2) is 4.79 Å². The summed E-state index contributed by atoms with van der Waals surface area (Å²) in [6.45, 7) is 0. The van der Waals surface area contributed by atoms with E-state index in [9.17, 15) is 19.2 Å². The van der Waals surface area contributed by atoms with Crippen LogP contribution in [0.3, 0.4) is 0 Å². The van der Waals surface area contributed by atoms with Crippen LogP contribution in [0.15, 0.2) is 0 Å². The van der Waals surface area contributed by atoms with Crippen LogP contribution in [0, 0.1) is 0 Å². The molecule has 0 saturated carbocycles. The second kappa shape index (κ2) is 8.05. The van der Waals surface area contributed by atoms with E-state index in [1.807, 2.05) is 0 Å². The van der Waals surface area contributed by atoms with Gasteiger partial charge in [0.05, 0.1) is 12.8 Å². The van der Waals surface area contributed by atoms with Crippen molar-refractivity contribution in [2.45, 2.75) is 25.7 Å². The first-order valence-corrected chi connectivity index (χ1v) is 8.02. The highest BCUT2D eigenvalue weighted by Gasteiger charge is 2.32. The zero-order valence-corrected chi connectivity index (χ0v) is 11.6. The molecule has 1 aliphatic rings. The zero-order valence-electron chi connectivity index (χ0n) is 9.99. The summed E-state index contributed by atoms with van der Waals surface area (Å²) in [6, 6.07) is 0. The molecule has 0 radical (unpaired) electrons. The van der Waals surface area contributed by atoms with Gasteiger partial charge in [0.15, 0.2) is 0 Å². The van der Waals surface area contributed by atoms with Gasteiger partial charge in [-0.3, -0.25) is 14.4 Å². The number of carboxylic acid groups (broad SMARTS) is 1. The normalized spacial score (nSPS) is 14.8. The fraction of sp³-hybridized carbons (Fsp3) is 0.600. The van der Waals surface area contributed by atoms with E-state index in [4.69, 9.17) is 5.11 Å². The number of carbonyl (C=O) groups excluding carboxylic acids is 3. The first kappa shape index (κ1) is 15.8. The van der Waals surface area contributed by atoms with Gasteiger partial charge < -0.3 is 9.94 Å². The van der Waals surface area contributed by atoms with Gasteiger partial charge in [-0.2, -0.15) is 0 Å². The number of aliphatic carboxylic acids is 1. The van der Waals surface area contributed by atoms with E-state index in [0.29, 0.717) is 16.6 Å². The van der Waals surface area contributed by atoms with E-state index in [2.05, 4.69) is 4.84 Å². The van der Waals surface area contributed by atoms with Gasteiger partial charge in [-0.05, 0) is 0 Å². The number of carboxylic acids is 1. The monoisotopic (exact) mass is 307 g/mol. The molecule has 106 valence electrons. The number of amides is 2. The van der Waals surface area contributed by atoms with Crippen LogP contribution in [0.1, 0.15) is 25.7 Å². The third-order valence-electron chi connectivity index (χ3n) is 2.07. The van der Waals surface area contributed by atoms with Crippen molar-refractivity contribution in [2.24, 2.45) is 0 Å². The first-order valence-electron chi connectivity index (χ1n) is 5.53. The van der Waals surface area contributed by atoms with Gasteiger partial charge in [0.2, 0.25) is 0 Å². The quantitative estimate of drug-likeness (QED) is 0.400. The third kappa shape index (κ3) is 5.97. The largest absolute Gasteiger partial charge is 0.481 e. The number of hydroxylamine groups is 2. The summed E-state index contributed by atoms with van der Waals surface area (Å²) in [5, 5.41) is 8.92. The average molecular weight is 307 g/mol. The van der Waals surface area contributed by atoms with Crippen molar-refractivity contribution >= 4 is 45.3 Å². The molecule has 19 heavy (non-hydrogen) atoms. The fourth-order valence-corrected chi connectivity index (χ4v) is 3.13. The van der Waals surface area contributed by atoms with Crippen molar-refractivity contribution in [1.29, 1.82) is 0 Å². The van der Waals surface area contributed by atoms with Crippen LogP contribution in [-0.4, -0.2) is 45.4 Å². The van der Waals surface area contributed by atoms with Crippen LogP contribution in [0.5, 0.6) is 0 Å². The molecule has 0 unspecified atom stereocenters. The predicted molar refractivity (Wildman–Crippen MR) is 69.0 cm³/mol. The number of hydrogen-bond donors (Lipinski definition) is 1. The molecule has 1 N–H and O–H groups in total. The highest BCUT2D eigenvalue weighted by molar-refractivity contribution is 8.76. The Balaban J connectivity index is 2.10. The molecule has 7 nitrogen and oxygen atoms in total. The van der Waals surface area contributed by atoms with Crippen LogP contribution in [0.2, 0.25) is 0 Å². The summed E-state index contributed by atoms with van der Waals surface area (Å²) >= 11 is 0. The Morgan fingerprint density at radius 2 is 1.63 bits per heavy atom. The molecule has 0 aliphatic carbocycles. The maximum Gasteiger partial charge on any atom is 0.334 e. The lowest BCUT2D eigenvalue weighted by Gasteiger charge is -2.12. The Labute approximate surface area is 117 Å². The number of nitrogens with zero attached hydrogens (tertiary/aromatic N) is 1. The summed E-state index contributed by atoms with van der Waals surface area (Å²) < 4.78 is 0. The molecule has 9 heteroatoms. The molecule has 1 rings (SSSR count). The van der Waals surface area contributed by atoms with Gasteiger partial charge in [0.1, 0.15) is 0 Å². The Morgan fingerprint density at radius 3 is 2.16 bits per heavy atom. The van der Waals surface area contributed by atoms with Crippen LogP contribution < -0.4 is 0 Å². The molecular formula is C10H13NO6S2. The van der Waals surface area contributed by atoms with Gasteiger partial charge in [-0.15, -0.1) is 5.06 Å². The minimum absolute atomic E-state index is 0.0573. The molecule has 2 amide bonds. The molecule has 0 atom stereocenters. The van der Waals surface area contributed by atoms with E-state index < -0.39 is 23.8 Å². The minimum Gasteiger partial charge on any atom is -0.481 e. The summed E-state index contributed by atoms with van der Waals surface area (Å²) in [4.78, 5) is 48.6. The van der Waals surface area contributed by atoms with Crippen LogP contribution in [-0.2, 0) is 24.0 Å². The van der Waals surface area contributed by atoms with Crippen molar-refractivity contribution < 1.29 is 29.1 Å². The van der Waals surface area contributed by atoms with E-state index in [-0.39, 0.29) is 25.7 Å². The smallest absolute Gasteiger partial charge is 0.334 e. The van der Waals surface area contributed by atoms with Gasteiger partial charge >= 0.3 is 11.9 Å². The summed E-state index contributed by atoms with van der Waals surface area (Å²) in [5.74, 6) is -1.62. The number of imide groups is 1. The summed E-state index contributed by atoms with van der Waals surface area (Å²) in [5.41, 5.74) is 0. The van der Waals surface area contributed by atoms with E-state index in [1.165, 1.54) is 21.6 Å². The lowest BCUT2D eigenvalue weighted by Crippen LogP contribution is -2.32. The molecule has 1 saturated heterocycles.